The molecular formula is C20H18N2O3. The second-order valence-electron chi connectivity index (χ2n) is 5.50. The summed E-state index contributed by atoms with van der Waals surface area (Å²) in [6.07, 6.45) is 1.99. The van der Waals surface area contributed by atoms with Crippen LogP contribution in [0.25, 0.3) is 6.08 Å². The van der Waals surface area contributed by atoms with Gasteiger partial charge in [0.25, 0.3) is 5.91 Å². The van der Waals surface area contributed by atoms with Gasteiger partial charge in [-0.1, -0.05) is 29.8 Å². The van der Waals surface area contributed by atoms with Crippen LogP contribution in [0.1, 0.15) is 23.6 Å². The molecule has 126 valence electrons. The largest absolute Gasteiger partial charge is 0.449 e. The van der Waals surface area contributed by atoms with Crippen molar-refractivity contribution < 1.29 is 14.3 Å². The number of hydrogen-bond acceptors (Lipinski definition) is 4. The smallest absolute Gasteiger partial charge is 0.331 e. The van der Waals surface area contributed by atoms with E-state index in [4.69, 9.17) is 10.00 Å². The maximum absolute atomic E-state index is 12.0. The molecule has 0 unspecified atom stereocenters. The van der Waals surface area contributed by atoms with Gasteiger partial charge in [0.05, 0.1) is 11.6 Å². The van der Waals surface area contributed by atoms with Crippen LogP contribution in [0.15, 0.2) is 54.6 Å². The maximum Gasteiger partial charge on any atom is 0.331 e. The summed E-state index contributed by atoms with van der Waals surface area (Å²) in [7, 11) is 0. The van der Waals surface area contributed by atoms with Gasteiger partial charge in [-0.15, -0.1) is 0 Å². The third-order valence-corrected chi connectivity index (χ3v) is 3.40. The van der Waals surface area contributed by atoms with Gasteiger partial charge in [-0.2, -0.15) is 5.26 Å². The second kappa shape index (κ2) is 8.46. The van der Waals surface area contributed by atoms with E-state index in [9.17, 15) is 9.59 Å². The monoisotopic (exact) mass is 334 g/mol. The predicted octanol–water partition coefficient (Wildman–Crippen LogP) is 3.45. The number of nitrogens with zero attached hydrogens (tertiary/aromatic N) is 1. The lowest BCUT2D eigenvalue weighted by atomic mass is 10.1. The number of rotatable bonds is 5. The molecule has 0 spiro atoms. The maximum atomic E-state index is 12.0. The highest BCUT2D eigenvalue weighted by Gasteiger charge is 2.16. The highest BCUT2D eigenvalue weighted by molar-refractivity contribution is 5.96. The number of hydrogen-bond donors (Lipinski definition) is 1. The number of benzene rings is 2. The van der Waals surface area contributed by atoms with Gasteiger partial charge >= 0.3 is 5.97 Å². The van der Waals surface area contributed by atoms with Gasteiger partial charge in [0, 0.05) is 11.8 Å². The van der Waals surface area contributed by atoms with Crippen molar-refractivity contribution >= 4 is 23.6 Å². The zero-order chi connectivity index (χ0) is 18.2. The minimum absolute atomic E-state index is 0.443. The summed E-state index contributed by atoms with van der Waals surface area (Å²) in [4.78, 5) is 23.9. The summed E-state index contributed by atoms with van der Waals surface area (Å²) in [6.45, 7) is 3.46. The average molecular weight is 334 g/mol. The molecular weight excluding hydrogens is 316 g/mol. The second-order valence-corrected chi connectivity index (χ2v) is 5.50. The van der Waals surface area contributed by atoms with E-state index in [1.165, 1.54) is 13.0 Å². The van der Waals surface area contributed by atoms with Crippen molar-refractivity contribution in [3.63, 3.8) is 0 Å². The molecule has 1 N–H and O–H groups in total. The first-order valence-electron chi connectivity index (χ1n) is 7.74. The van der Waals surface area contributed by atoms with Crippen molar-refractivity contribution in [2.24, 2.45) is 0 Å². The Kier molecular flexibility index (Phi) is 6.08. The minimum Gasteiger partial charge on any atom is -0.449 e. The SMILES string of the molecule is Cc1cccc(/C=C/C(=O)O[C@H](C)C(=O)Nc2ccc(C#N)cc2)c1. The lowest BCUT2D eigenvalue weighted by molar-refractivity contribution is -0.148. The lowest BCUT2D eigenvalue weighted by Gasteiger charge is -2.12. The molecule has 25 heavy (non-hydrogen) atoms. The van der Waals surface area contributed by atoms with E-state index in [0.29, 0.717) is 11.3 Å². The Bertz CT molecular complexity index is 833. The van der Waals surface area contributed by atoms with Crippen LogP contribution in [0.5, 0.6) is 0 Å². The number of esters is 1. The fourth-order valence-corrected chi connectivity index (χ4v) is 2.08. The molecule has 0 saturated carbocycles. The molecule has 5 heteroatoms. The molecule has 0 radical (unpaired) electrons. The molecule has 0 aliphatic carbocycles. The summed E-state index contributed by atoms with van der Waals surface area (Å²) < 4.78 is 5.09. The van der Waals surface area contributed by atoms with Crippen molar-refractivity contribution in [2.45, 2.75) is 20.0 Å². The van der Waals surface area contributed by atoms with Crippen molar-refractivity contribution in [3.8, 4) is 6.07 Å². The number of ether oxygens (including phenoxy) is 1. The fraction of sp³-hybridized carbons (Fsp3) is 0.150. The van der Waals surface area contributed by atoms with Crippen LogP contribution in [-0.4, -0.2) is 18.0 Å². The summed E-state index contributed by atoms with van der Waals surface area (Å²) in [5.74, 6) is -1.04. The van der Waals surface area contributed by atoms with Gasteiger partial charge in [0.15, 0.2) is 6.10 Å². The topological polar surface area (TPSA) is 79.2 Å². The van der Waals surface area contributed by atoms with Gasteiger partial charge in [-0.3, -0.25) is 4.79 Å². The third-order valence-electron chi connectivity index (χ3n) is 3.40. The van der Waals surface area contributed by atoms with E-state index in [1.54, 1.807) is 30.3 Å². The first kappa shape index (κ1) is 18.0. The molecule has 0 fully saturated rings. The molecule has 1 amide bonds. The highest BCUT2D eigenvalue weighted by atomic mass is 16.5. The Morgan fingerprint density at radius 3 is 2.56 bits per heavy atom. The number of carbonyl (C=O) groups excluding carboxylic acids is 2. The Balaban J connectivity index is 1.89. The molecule has 0 saturated heterocycles. The molecule has 0 heterocycles. The first-order chi connectivity index (χ1) is 12.0. The van der Waals surface area contributed by atoms with Crippen LogP contribution in [-0.2, 0) is 14.3 Å². The molecule has 0 aliphatic heterocycles. The molecule has 0 aliphatic rings. The molecule has 2 aromatic rings. The van der Waals surface area contributed by atoms with Crippen molar-refractivity contribution in [1.29, 1.82) is 5.26 Å². The van der Waals surface area contributed by atoms with Gasteiger partial charge in [0.1, 0.15) is 0 Å². The van der Waals surface area contributed by atoms with Crippen LogP contribution in [0.3, 0.4) is 0 Å². The molecule has 2 aromatic carbocycles. The van der Waals surface area contributed by atoms with Crippen molar-refractivity contribution in [3.05, 3.63) is 71.3 Å². The third kappa shape index (κ3) is 5.63. The summed E-state index contributed by atoms with van der Waals surface area (Å²) in [5.41, 5.74) is 3.00. The number of nitrogens with one attached hydrogen (secondary N) is 1. The fourth-order valence-electron chi connectivity index (χ4n) is 2.08. The molecule has 5 nitrogen and oxygen atoms in total. The molecule has 0 bridgehead atoms. The Morgan fingerprint density at radius 1 is 1.20 bits per heavy atom. The predicted molar refractivity (Wildman–Crippen MR) is 95.6 cm³/mol. The van der Waals surface area contributed by atoms with E-state index in [0.717, 1.165) is 11.1 Å². The van der Waals surface area contributed by atoms with Crippen molar-refractivity contribution in [1.82, 2.24) is 0 Å². The zero-order valence-electron chi connectivity index (χ0n) is 14.0. The number of carbonyl (C=O) groups is 2. The first-order valence-corrected chi connectivity index (χ1v) is 7.74. The quantitative estimate of drug-likeness (QED) is 0.671. The number of amides is 1. The Labute approximate surface area is 146 Å². The van der Waals surface area contributed by atoms with E-state index in [2.05, 4.69) is 5.32 Å². The van der Waals surface area contributed by atoms with Crippen LogP contribution in [0, 0.1) is 18.3 Å². The van der Waals surface area contributed by atoms with Crippen LogP contribution >= 0.6 is 0 Å². The van der Waals surface area contributed by atoms with Crippen molar-refractivity contribution in [2.75, 3.05) is 5.32 Å². The van der Waals surface area contributed by atoms with Gasteiger partial charge < -0.3 is 10.1 Å². The number of aryl methyl sites for hydroxylation is 1. The normalized spacial score (nSPS) is 11.6. The Morgan fingerprint density at radius 2 is 1.92 bits per heavy atom. The van der Waals surface area contributed by atoms with E-state index < -0.39 is 18.0 Å². The Hall–Kier alpha value is -3.39. The lowest BCUT2D eigenvalue weighted by Crippen LogP contribution is -2.29. The number of nitriles is 1. The molecule has 2 rings (SSSR count). The zero-order valence-corrected chi connectivity index (χ0v) is 14.0. The molecule has 1 atom stereocenters. The van der Waals surface area contributed by atoms with Crippen LogP contribution in [0.2, 0.25) is 0 Å². The van der Waals surface area contributed by atoms with Gasteiger partial charge in [0.2, 0.25) is 0 Å². The highest BCUT2D eigenvalue weighted by Crippen LogP contribution is 2.10. The van der Waals surface area contributed by atoms with Gasteiger partial charge in [-0.05, 0) is 49.8 Å². The van der Waals surface area contributed by atoms with Gasteiger partial charge in [-0.25, -0.2) is 4.79 Å². The van der Waals surface area contributed by atoms with E-state index in [-0.39, 0.29) is 0 Å². The molecule has 0 aromatic heterocycles. The van der Waals surface area contributed by atoms with Crippen LogP contribution in [0.4, 0.5) is 5.69 Å². The van der Waals surface area contributed by atoms with Crippen LogP contribution < -0.4 is 5.32 Å². The summed E-state index contributed by atoms with van der Waals surface area (Å²) in [5, 5.41) is 11.4. The standard InChI is InChI=1S/C20H18N2O3/c1-14-4-3-5-16(12-14)8-11-19(23)25-15(2)20(24)22-18-9-6-17(13-21)7-10-18/h3-12,15H,1-2H3,(H,22,24)/b11-8+/t15-/m1/s1. The van der Waals surface area contributed by atoms with E-state index in [1.807, 2.05) is 37.3 Å². The minimum atomic E-state index is -0.940. The summed E-state index contributed by atoms with van der Waals surface area (Å²) in [6, 6.07) is 16.1. The average Bonchev–Trinajstić information content (AvgIpc) is 2.60. The summed E-state index contributed by atoms with van der Waals surface area (Å²) >= 11 is 0. The van der Waals surface area contributed by atoms with E-state index >= 15 is 0 Å². The number of anilines is 1.